The Labute approximate surface area is 64.1 Å². The molecule has 11 heavy (non-hydrogen) atoms. The molecule has 0 radical (unpaired) electrons. The summed E-state index contributed by atoms with van der Waals surface area (Å²) in [5.41, 5.74) is 6.13. The lowest BCUT2D eigenvalue weighted by molar-refractivity contribution is -0.838. The van der Waals surface area contributed by atoms with Crippen LogP contribution in [0.3, 0.4) is 0 Å². The molecule has 0 aromatic rings. The van der Waals surface area contributed by atoms with Gasteiger partial charge in [0.2, 0.25) is 0 Å². The van der Waals surface area contributed by atoms with Gasteiger partial charge in [-0.1, -0.05) is 6.58 Å². The Balaban J connectivity index is 4.28. The zero-order valence-electron chi connectivity index (χ0n) is 5.86. The fourth-order valence-electron chi connectivity index (χ4n) is 0.340. The number of nitriles is 1. The molecule has 0 atom stereocenters. The predicted molar refractivity (Wildman–Crippen MR) is 39.2 cm³/mol. The van der Waals surface area contributed by atoms with Crippen LogP contribution in [0.2, 0.25) is 0 Å². The van der Waals surface area contributed by atoms with Crippen LogP contribution < -0.4 is 11.2 Å². The number of hydrogen-bond acceptors (Lipinski definition) is 4. The number of nitrogens with zero attached hydrogens (tertiary/aromatic N) is 2. The highest BCUT2D eigenvalue weighted by Crippen LogP contribution is 1.85. The average molecular weight is 153 g/mol. The number of nitrogens with two attached hydrogens (primary N) is 2. The molecular formula is C6H9N4O+. The highest BCUT2D eigenvalue weighted by molar-refractivity contribution is 6.10. The molecule has 0 aromatic carbocycles. The Morgan fingerprint density at radius 2 is 2.45 bits per heavy atom. The van der Waals surface area contributed by atoms with Crippen LogP contribution in [0.15, 0.2) is 29.7 Å². The quantitative estimate of drug-likeness (QED) is 0.352. The molecule has 0 saturated heterocycles. The van der Waals surface area contributed by atoms with Crippen molar-refractivity contribution in [2.45, 2.75) is 0 Å². The minimum Gasteiger partial charge on any atom is -0.397 e. The van der Waals surface area contributed by atoms with E-state index in [1.54, 1.807) is 6.07 Å². The lowest BCUT2D eigenvalue weighted by Crippen LogP contribution is -2.73. The lowest BCUT2D eigenvalue weighted by atomic mass is 10.3. The van der Waals surface area contributed by atoms with Crippen molar-refractivity contribution in [1.82, 2.24) is 0 Å². The second-order valence-corrected chi connectivity index (χ2v) is 1.61. The first kappa shape index (κ1) is 9.36. The standard InChI is InChI=1S/C6H8N4O/c1-5(8)6(4-7)9-2-3-10-11/h2-3,10-11H,1,8H2/p+1. The third-order valence-electron chi connectivity index (χ3n) is 0.786. The summed E-state index contributed by atoms with van der Waals surface area (Å²) >= 11 is 0. The highest BCUT2D eigenvalue weighted by atomic mass is 16.5. The van der Waals surface area contributed by atoms with E-state index in [0.29, 0.717) is 0 Å². The van der Waals surface area contributed by atoms with Gasteiger partial charge >= 0.3 is 0 Å². The van der Waals surface area contributed by atoms with Gasteiger partial charge in [0, 0.05) is 0 Å². The fourth-order valence-corrected chi connectivity index (χ4v) is 0.340. The monoisotopic (exact) mass is 153 g/mol. The third-order valence-corrected chi connectivity index (χ3v) is 0.786. The van der Waals surface area contributed by atoms with Crippen LogP contribution >= 0.6 is 0 Å². The topological polar surface area (TPSA) is 99.0 Å². The maximum atomic E-state index is 8.37. The molecule has 0 bridgehead atoms. The van der Waals surface area contributed by atoms with Gasteiger partial charge in [-0.05, 0) is 0 Å². The van der Waals surface area contributed by atoms with Crippen molar-refractivity contribution in [1.29, 1.82) is 5.26 Å². The molecule has 0 aliphatic carbocycles. The normalized spacial score (nSPS) is 11.5. The molecule has 0 aliphatic rings. The van der Waals surface area contributed by atoms with E-state index in [1.807, 2.05) is 0 Å². The molecule has 58 valence electrons. The second kappa shape index (κ2) is 5.17. The Morgan fingerprint density at radius 3 is 2.82 bits per heavy atom. The molecule has 0 aromatic heterocycles. The SMILES string of the molecule is C=C(N)C(C#N)=NC=C[NH2+]O. The molecule has 0 saturated carbocycles. The summed E-state index contributed by atoms with van der Waals surface area (Å²) < 4.78 is 0. The molecule has 0 unspecified atom stereocenters. The van der Waals surface area contributed by atoms with E-state index >= 15 is 0 Å². The van der Waals surface area contributed by atoms with E-state index in [1.165, 1.54) is 12.4 Å². The first-order valence-electron chi connectivity index (χ1n) is 2.77. The van der Waals surface area contributed by atoms with Crippen LogP contribution in [0, 0.1) is 11.3 Å². The fraction of sp³-hybridized carbons (Fsp3) is 0. The lowest BCUT2D eigenvalue weighted by Gasteiger charge is -1.89. The molecule has 0 heterocycles. The van der Waals surface area contributed by atoms with Gasteiger partial charge in [0.05, 0.1) is 11.9 Å². The number of allylic oxidation sites excluding steroid dienone is 1. The van der Waals surface area contributed by atoms with Gasteiger partial charge in [-0.25, -0.2) is 10.2 Å². The van der Waals surface area contributed by atoms with Crippen molar-refractivity contribution in [3.8, 4) is 6.07 Å². The second-order valence-electron chi connectivity index (χ2n) is 1.61. The van der Waals surface area contributed by atoms with Crippen LogP contribution in [0.25, 0.3) is 0 Å². The van der Waals surface area contributed by atoms with Crippen LogP contribution in [0.5, 0.6) is 0 Å². The van der Waals surface area contributed by atoms with Crippen LogP contribution in [0.4, 0.5) is 0 Å². The molecule has 0 amide bonds. The molecule has 5 nitrogen and oxygen atoms in total. The number of quaternary nitrogens is 1. The average Bonchev–Trinajstić information content (AvgIpc) is 1.97. The molecule has 5 heteroatoms. The largest absolute Gasteiger partial charge is 0.397 e. The van der Waals surface area contributed by atoms with Gasteiger partial charge in [0.25, 0.3) is 0 Å². The van der Waals surface area contributed by atoms with Crippen molar-refractivity contribution < 1.29 is 10.7 Å². The van der Waals surface area contributed by atoms with Crippen LogP contribution in [-0.2, 0) is 0 Å². The molecule has 0 aliphatic heterocycles. The maximum Gasteiger partial charge on any atom is 0.162 e. The van der Waals surface area contributed by atoms with Crippen molar-refractivity contribution in [2.24, 2.45) is 10.7 Å². The molecule has 0 rings (SSSR count). The maximum absolute atomic E-state index is 8.37. The summed E-state index contributed by atoms with van der Waals surface area (Å²) in [5.74, 6) is 0. The van der Waals surface area contributed by atoms with Crippen molar-refractivity contribution in [3.63, 3.8) is 0 Å². The predicted octanol–water partition coefficient (Wildman–Crippen LogP) is -1.15. The molecular weight excluding hydrogens is 144 g/mol. The van der Waals surface area contributed by atoms with E-state index < -0.39 is 0 Å². The minimum atomic E-state index is 0.0445. The summed E-state index contributed by atoms with van der Waals surface area (Å²) in [7, 11) is 0. The Bertz CT molecular complexity index is 235. The van der Waals surface area contributed by atoms with Crippen LogP contribution in [0.1, 0.15) is 0 Å². The highest BCUT2D eigenvalue weighted by Gasteiger charge is 1.94. The summed E-state index contributed by atoms with van der Waals surface area (Å²) in [6, 6.07) is 1.74. The van der Waals surface area contributed by atoms with Gasteiger partial charge < -0.3 is 5.73 Å². The summed E-state index contributed by atoms with van der Waals surface area (Å²) in [6.07, 6.45) is 2.51. The van der Waals surface area contributed by atoms with E-state index in [0.717, 1.165) is 5.48 Å². The number of aliphatic imine (C=N–C) groups is 1. The van der Waals surface area contributed by atoms with Gasteiger partial charge in [0.1, 0.15) is 12.3 Å². The Hall–Kier alpha value is -1.64. The van der Waals surface area contributed by atoms with Gasteiger partial charge in [-0.3, -0.25) is 0 Å². The number of hydroxylamine groups is 1. The van der Waals surface area contributed by atoms with Crippen LogP contribution in [-0.4, -0.2) is 10.9 Å². The Kier molecular flexibility index (Phi) is 4.40. The zero-order chi connectivity index (χ0) is 8.69. The van der Waals surface area contributed by atoms with Gasteiger partial charge in [-0.2, -0.15) is 10.7 Å². The van der Waals surface area contributed by atoms with Gasteiger partial charge in [0.15, 0.2) is 5.71 Å². The van der Waals surface area contributed by atoms with Gasteiger partial charge in [-0.15, -0.1) is 0 Å². The van der Waals surface area contributed by atoms with E-state index in [-0.39, 0.29) is 11.4 Å². The van der Waals surface area contributed by atoms with Crippen molar-refractivity contribution in [2.75, 3.05) is 0 Å². The van der Waals surface area contributed by atoms with Crippen molar-refractivity contribution >= 4 is 5.71 Å². The van der Waals surface area contributed by atoms with Crippen molar-refractivity contribution in [3.05, 3.63) is 24.7 Å². The first-order chi connectivity index (χ1) is 5.22. The zero-order valence-corrected chi connectivity index (χ0v) is 5.86. The smallest absolute Gasteiger partial charge is 0.162 e. The van der Waals surface area contributed by atoms with E-state index in [9.17, 15) is 0 Å². The van der Waals surface area contributed by atoms with E-state index in [4.69, 9.17) is 16.2 Å². The summed E-state index contributed by atoms with van der Waals surface area (Å²) in [4.78, 5) is 3.59. The molecule has 5 N–H and O–H groups in total. The number of hydrogen-bond donors (Lipinski definition) is 3. The third kappa shape index (κ3) is 3.86. The number of rotatable bonds is 3. The molecule has 0 fully saturated rings. The first-order valence-corrected chi connectivity index (χ1v) is 2.77. The minimum absolute atomic E-state index is 0.0445. The summed E-state index contributed by atoms with van der Waals surface area (Å²) in [6.45, 7) is 3.32. The molecule has 0 spiro atoms. The van der Waals surface area contributed by atoms with E-state index in [2.05, 4.69) is 11.6 Å². The summed E-state index contributed by atoms with van der Waals surface area (Å²) in [5, 5.41) is 16.5. The Morgan fingerprint density at radius 1 is 1.82 bits per heavy atom.